The van der Waals surface area contributed by atoms with Gasteiger partial charge in [0.15, 0.2) is 11.5 Å². The third kappa shape index (κ3) is 5.06. The molecule has 5 nitrogen and oxygen atoms in total. The molecule has 0 radical (unpaired) electrons. The summed E-state index contributed by atoms with van der Waals surface area (Å²) in [6.07, 6.45) is 5.57. The Morgan fingerprint density at radius 3 is 2.29 bits per heavy atom. The molecule has 0 fully saturated rings. The summed E-state index contributed by atoms with van der Waals surface area (Å²) < 4.78 is 11.4. The van der Waals surface area contributed by atoms with Crippen molar-refractivity contribution in [1.29, 1.82) is 0 Å². The molecule has 1 N–H and O–H groups in total. The molecule has 28 heavy (non-hydrogen) atoms. The van der Waals surface area contributed by atoms with Gasteiger partial charge in [0, 0.05) is 17.1 Å². The van der Waals surface area contributed by atoms with Gasteiger partial charge in [-0.3, -0.25) is 0 Å². The highest BCUT2D eigenvalue weighted by atomic mass is 35.5. The van der Waals surface area contributed by atoms with Crippen molar-refractivity contribution in [3.05, 3.63) is 54.4 Å². The lowest BCUT2D eigenvalue weighted by molar-refractivity contribution is 0.291. The molecule has 7 heteroatoms. The van der Waals surface area contributed by atoms with E-state index in [1.807, 2.05) is 55.5 Å². The Morgan fingerprint density at radius 2 is 1.64 bits per heavy atom. The molecule has 0 bridgehead atoms. The number of hydrogen-bond acceptors (Lipinski definition) is 5. The first kappa shape index (κ1) is 20.2. The van der Waals surface area contributed by atoms with E-state index in [1.54, 1.807) is 0 Å². The standard InChI is InChI=1S/C21H21Cl2N3O2/c1-2-3-15-4-6-16(7-5-15)26-21-17-12-19(27-10-8-22)20(28-11-9-23)13-18(17)24-14-25-21/h2-7,12-14H,8-11H2,1H3,(H,24,25,26)/b3-2+. The molecule has 3 aromatic rings. The van der Waals surface area contributed by atoms with Gasteiger partial charge in [-0.1, -0.05) is 24.3 Å². The predicted octanol–water partition coefficient (Wildman–Crippen LogP) is 5.64. The number of aromatic nitrogens is 2. The van der Waals surface area contributed by atoms with Crippen molar-refractivity contribution in [2.45, 2.75) is 6.92 Å². The zero-order valence-corrected chi connectivity index (χ0v) is 17.0. The number of nitrogens with one attached hydrogen (secondary N) is 1. The minimum Gasteiger partial charge on any atom is -0.488 e. The van der Waals surface area contributed by atoms with Crippen LogP contribution in [0.15, 0.2) is 48.8 Å². The largest absolute Gasteiger partial charge is 0.488 e. The lowest BCUT2D eigenvalue weighted by Gasteiger charge is -2.14. The van der Waals surface area contributed by atoms with E-state index in [0.717, 1.165) is 22.2 Å². The maximum absolute atomic E-state index is 5.77. The zero-order chi connectivity index (χ0) is 19.8. The van der Waals surface area contributed by atoms with Crippen LogP contribution < -0.4 is 14.8 Å². The number of nitrogens with zero attached hydrogens (tertiary/aromatic N) is 2. The third-order valence-electron chi connectivity index (χ3n) is 3.90. The topological polar surface area (TPSA) is 56.3 Å². The van der Waals surface area contributed by atoms with E-state index >= 15 is 0 Å². The van der Waals surface area contributed by atoms with E-state index in [0.29, 0.717) is 42.3 Å². The summed E-state index contributed by atoms with van der Waals surface area (Å²) in [4.78, 5) is 8.75. The van der Waals surface area contributed by atoms with Gasteiger partial charge in [0.1, 0.15) is 25.4 Å². The van der Waals surface area contributed by atoms with Crippen LogP contribution in [0.5, 0.6) is 11.5 Å². The van der Waals surface area contributed by atoms with Crippen LogP contribution in [0.4, 0.5) is 11.5 Å². The number of hydrogen-bond donors (Lipinski definition) is 1. The molecule has 0 aliphatic heterocycles. The van der Waals surface area contributed by atoms with Gasteiger partial charge in [-0.15, -0.1) is 23.2 Å². The highest BCUT2D eigenvalue weighted by Gasteiger charge is 2.12. The van der Waals surface area contributed by atoms with Gasteiger partial charge in [0.2, 0.25) is 0 Å². The van der Waals surface area contributed by atoms with Gasteiger partial charge in [0.05, 0.1) is 17.3 Å². The highest BCUT2D eigenvalue weighted by Crippen LogP contribution is 2.35. The van der Waals surface area contributed by atoms with Crippen molar-refractivity contribution in [2.24, 2.45) is 0 Å². The van der Waals surface area contributed by atoms with Gasteiger partial charge in [-0.25, -0.2) is 9.97 Å². The number of fused-ring (bicyclic) bond motifs is 1. The van der Waals surface area contributed by atoms with E-state index in [-0.39, 0.29) is 0 Å². The van der Waals surface area contributed by atoms with Crippen molar-refractivity contribution < 1.29 is 9.47 Å². The predicted molar refractivity (Wildman–Crippen MR) is 116 cm³/mol. The Hall–Kier alpha value is -2.50. The fraction of sp³-hybridized carbons (Fsp3) is 0.238. The normalized spacial score (nSPS) is 11.1. The number of allylic oxidation sites excluding steroid dienone is 1. The summed E-state index contributed by atoms with van der Waals surface area (Å²) in [6, 6.07) is 11.8. The van der Waals surface area contributed by atoms with Gasteiger partial charge in [-0.05, 0) is 30.7 Å². The molecule has 3 rings (SSSR count). The number of halogens is 2. The summed E-state index contributed by atoms with van der Waals surface area (Å²) in [5.74, 6) is 2.61. The lowest BCUT2D eigenvalue weighted by atomic mass is 10.1. The molecular formula is C21H21Cl2N3O2. The van der Waals surface area contributed by atoms with Crippen LogP contribution in [0.3, 0.4) is 0 Å². The molecule has 2 aromatic carbocycles. The fourth-order valence-electron chi connectivity index (χ4n) is 2.69. The molecular weight excluding hydrogens is 397 g/mol. The monoisotopic (exact) mass is 417 g/mol. The Kier molecular flexibility index (Phi) is 7.34. The van der Waals surface area contributed by atoms with Crippen LogP contribution in [-0.4, -0.2) is 34.9 Å². The van der Waals surface area contributed by atoms with E-state index in [4.69, 9.17) is 32.7 Å². The van der Waals surface area contributed by atoms with Crippen LogP contribution in [0, 0.1) is 0 Å². The Morgan fingerprint density at radius 1 is 0.964 bits per heavy atom. The van der Waals surface area contributed by atoms with E-state index in [9.17, 15) is 0 Å². The van der Waals surface area contributed by atoms with E-state index in [1.165, 1.54) is 6.33 Å². The zero-order valence-electron chi connectivity index (χ0n) is 15.5. The quantitative estimate of drug-likeness (QED) is 0.456. The van der Waals surface area contributed by atoms with E-state index in [2.05, 4.69) is 15.3 Å². The van der Waals surface area contributed by atoms with Gasteiger partial charge in [0.25, 0.3) is 0 Å². The van der Waals surface area contributed by atoms with Crippen LogP contribution in [0.1, 0.15) is 12.5 Å². The highest BCUT2D eigenvalue weighted by molar-refractivity contribution is 6.18. The molecule has 0 aliphatic carbocycles. The second-order valence-corrected chi connectivity index (χ2v) is 6.62. The average Bonchev–Trinajstić information content (AvgIpc) is 2.72. The second kappa shape index (κ2) is 10.2. The molecule has 146 valence electrons. The first-order chi connectivity index (χ1) is 13.7. The summed E-state index contributed by atoms with van der Waals surface area (Å²) >= 11 is 11.5. The summed E-state index contributed by atoms with van der Waals surface area (Å²) in [5, 5.41) is 4.17. The van der Waals surface area contributed by atoms with Crippen LogP contribution in [0.25, 0.3) is 17.0 Å². The molecule has 1 aromatic heterocycles. The summed E-state index contributed by atoms with van der Waals surface area (Å²) in [5.41, 5.74) is 2.81. The Bertz CT molecular complexity index is 946. The number of alkyl halides is 2. The van der Waals surface area contributed by atoms with Crippen LogP contribution >= 0.6 is 23.2 Å². The average molecular weight is 418 g/mol. The number of benzene rings is 2. The smallest absolute Gasteiger partial charge is 0.163 e. The minimum absolute atomic E-state index is 0.368. The maximum Gasteiger partial charge on any atom is 0.163 e. The van der Waals surface area contributed by atoms with Crippen molar-refractivity contribution in [1.82, 2.24) is 9.97 Å². The Labute approximate surface area is 174 Å². The molecule has 0 saturated heterocycles. The molecule has 0 unspecified atom stereocenters. The minimum atomic E-state index is 0.368. The van der Waals surface area contributed by atoms with Crippen LogP contribution in [-0.2, 0) is 0 Å². The number of anilines is 2. The van der Waals surface area contributed by atoms with Crippen molar-refractivity contribution in [3.63, 3.8) is 0 Å². The maximum atomic E-state index is 5.77. The fourth-order valence-corrected chi connectivity index (χ4v) is 2.85. The lowest BCUT2D eigenvalue weighted by Crippen LogP contribution is -2.05. The summed E-state index contributed by atoms with van der Waals surface area (Å²) in [7, 11) is 0. The SMILES string of the molecule is C/C=C/c1ccc(Nc2ncnc3cc(OCCCl)c(OCCCl)cc23)cc1. The van der Waals surface area contributed by atoms with Gasteiger partial charge < -0.3 is 14.8 Å². The van der Waals surface area contributed by atoms with E-state index < -0.39 is 0 Å². The van der Waals surface area contributed by atoms with Crippen molar-refractivity contribution in [2.75, 3.05) is 30.3 Å². The van der Waals surface area contributed by atoms with Gasteiger partial charge in [-0.2, -0.15) is 0 Å². The first-order valence-electron chi connectivity index (χ1n) is 8.91. The van der Waals surface area contributed by atoms with Gasteiger partial charge >= 0.3 is 0 Å². The molecule has 1 heterocycles. The molecule has 0 aliphatic rings. The molecule has 0 spiro atoms. The second-order valence-electron chi connectivity index (χ2n) is 5.86. The third-order valence-corrected chi connectivity index (χ3v) is 4.21. The number of ether oxygens (including phenoxy) is 2. The molecule has 0 atom stereocenters. The first-order valence-corrected chi connectivity index (χ1v) is 9.98. The Balaban J connectivity index is 1.95. The van der Waals surface area contributed by atoms with Crippen molar-refractivity contribution >= 4 is 51.7 Å². The molecule has 0 saturated carbocycles. The molecule has 0 amide bonds. The summed E-state index contributed by atoms with van der Waals surface area (Å²) in [6.45, 7) is 2.74. The van der Waals surface area contributed by atoms with Crippen LogP contribution in [0.2, 0.25) is 0 Å². The van der Waals surface area contributed by atoms with Crippen molar-refractivity contribution in [3.8, 4) is 11.5 Å². The number of rotatable bonds is 9.